The molecule has 0 bridgehead atoms. The van der Waals surface area contributed by atoms with Gasteiger partial charge in [-0.3, -0.25) is 4.98 Å². The molecule has 0 aliphatic heterocycles. The van der Waals surface area contributed by atoms with Crippen LogP contribution >= 0.6 is 0 Å². The number of hydrogen-bond donors (Lipinski definition) is 1. The smallest absolute Gasteiger partial charge is 0.137 e. The predicted octanol–water partition coefficient (Wildman–Crippen LogP) is 4.31. The van der Waals surface area contributed by atoms with Crippen molar-refractivity contribution in [3.63, 3.8) is 0 Å². The van der Waals surface area contributed by atoms with E-state index in [0.717, 1.165) is 44.8 Å². The second-order valence-electron chi connectivity index (χ2n) is 5.64. The molecule has 0 unspecified atom stereocenters. The van der Waals surface area contributed by atoms with E-state index >= 15 is 0 Å². The number of H-pyrrole nitrogens is 1. The first-order valence-corrected chi connectivity index (χ1v) is 7.90. The van der Waals surface area contributed by atoms with Crippen LogP contribution in [-0.4, -0.2) is 29.2 Å². The molecule has 0 saturated heterocycles. The highest BCUT2D eigenvalue weighted by Crippen LogP contribution is 2.36. The van der Waals surface area contributed by atoms with Gasteiger partial charge in [0, 0.05) is 46.2 Å². The molecule has 0 spiro atoms. The number of hydrogen-bond acceptors (Lipinski definition) is 4. The Morgan fingerprint density at radius 2 is 1.72 bits per heavy atom. The van der Waals surface area contributed by atoms with Crippen molar-refractivity contribution < 1.29 is 9.47 Å². The summed E-state index contributed by atoms with van der Waals surface area (Å²) in [7, 11) is 3.31. The molecule has 3 aromatic heterocycles. The van der Waals surface area contributed by atoms with Gasteiger partial charge >= 0.3 is 0 Å². The summed E-state index contributed by atoms with van der Waals surface area (Å²) in [5.41, 5.74) is 4.85. The molecule has 0 fully saturated rings. The molecule has 1 N–H and O–H groups in total. The maximum absolute atomic E-state index is 5.50. The lowest BCUT2D eigenvalue weighted by molar-refractivity contribution is 0.413. The molecule has 0 atom stereocenters. The van der Waals surface area contributed by atoms with Crippen molar-refractivity contribution in [3.05, 3.63) is 61.2 Å². The molecule has 25 heavy (non-hydrogen) atoms. The summed E-state index contributed by atoms with van der Waals surface area (Å²) in [6, 6.07) is 12.0. The van der Waals surface area contributed by atoms with Crippen LogP contribution in [0.4, 0.5) is 0 Å². The van der Waals surface area contributed by atoms with Gasteiger partial charge in [0.2, 0.25) is 0 Å². The van der Waals surface area contributed by atoms with Gasteiger partial charge in [0.05, 0.1) is 20.4 Å². The quantitative estimate of drug-likeness (QED) is 0.605. The lowest BCUT2D eigenvalue weighted by Crippen LogP contribution is -1.88. The Hall–Kier alpha value is -3.34. The molecule has 4 aromatic rings. The third-order valence-corrected chi connectivity index (χ3v) is 4.21. The van der Waals surface area contributed by atoms with Crippen LogP contribution in [0.2, 0.25) is 0 Å². The molecular formula is C20H17N3O2. The molecule has 0 aliphatic carbocycles. The third-order valence-electron chi connectivity index (χ3n) is 4.21. The molecule has 0 amide bonds. The Balaban J connectivity index is 1.88. The minimum atomic E-state index is 0.719. The number of nitrogens with zero attached hydrogens (tertiary/aromatic N) is 2. The molecule has 1 aromatic carbocycles. The number of aromatic nitrogens is 3. The highest BCUT2D eigenvalue weighted by Gasteiger charge is 2.12. The molecule has 0 saturated carbocycles. The largest absolute Gasteiger partial charge is 0.496 e. The molecule has 5 heteroatoms. The summed E-state index contributed by atoms with van der Waals surface area (Å²) in [4.78, 5) is 12.0. The average molecular weight is 331 g/mol. The Kier molecular flexibility index (Phi) is 3.82. The monoisotopic (exact) mass is 331 g/mol. The van der Waals surface area contributed by atoms with Crippen molar-refractivity contribution in [2.75, 3.05) is 14.2 Å². The second-order valence-corrected chi connectivity index (χ2v) is 5.64. The highest BCUT2D eigenvalue weighted by atomic mass is 16.5. The minimum Gasteiger partial charge on any atom is -0.496 e. The van der Waals surface area contributed by atoms with Gasteiger partial charge in [-0.1, -0.05) is 18.2 Å². The fourth-order valence-electron chi connectivity index (χ4n) is 2.94. The van der Waals surface area contributed by atoms with E-state index in [2.05, 4.69) is 21.0 Å². The lowest BCUT2D eigenvalue weighted by atomic mass is 10.0. The Morgan fingerprint density at radius 3 is 2.56 bits per heavy atom. The fraction of sp³-hybridized carbons (Fsp3) is 0.100. The van der Waals surface area contributed by atoms with Gasteiger partial charge in [0.1, 0.15) is 17.1 Å². The average Bonchev–Trinajstić information content (AvgIpc) is 3.11. The van der Waals surface area contributed by atoms with Crippen LogP contribution in [0, 0.1) is 0 Å². The molecule has 0 radical (unpaired) electrons. The summed E-state index contributed by atoms with van der Waals surface area (Å²) in [5, 5.41) is 1.03. The maximum Gasteiger partial charge on any atom is 0.137 e. The summed E-state index contributed by atoms with van der Waals surface area (Å²) in [6.45, 7) is 0. The standard InChI is InChI=1S/C20H17N3O2/c1-24-15-7-13(9-21-11-15)14-8-17-18(12-23-20(17)22-10-14)16-5-3-4-6-19(16)25-2/h3-12H,1-2H3,(H,22,23). The Labute approximate surface area is 145 Å². The van der Waals surface area contributed by atoms with Crippen molar-refractivity contribution in [1.82, 2.24) is 15.0 Å². The molecule has 5 nitrogen and oxygen atoms in total. The summed E-state index contributed by atoms with van der Waals surface area (Å²) in [5.74, 6) is 1.55. The van der Waals surface area contributed by atoms with Crippen LogP contribution in [0.5, 0.6) is 11.5 Å². The molecule has 3 heterocycles. The van der Waals surface area contributed by atoms with Crippen LogP contribution in [0.1, 0.15) is 0 Å². The van der Waals surface area contributed by atoms with Crippen molar-refractivity contribution in [3.8, 4) is 33.8 Å². The normalized spacial score (nSPS) is 10.8. The van der Waals surface area contributed by atoms with E-state index in [9.17, 15) is 0 Å². The van der Waals surface area contributed by atoms with E-state index in [-0.39, 0.29) is 0 Å². The van der Waals surface area contributed by atoms with E-state index in [1.807, 2.05) is 42.7 Å². The van der Waals surface area contributed by atoms with E-state index in [1.165, 1.54) is 0 Å². The number of fused-ring (bicyclic) bond motifs is 1. The first-order chi connectivity index (χ1) is 12.3. The molecule has 0 aliphatic rings. The van der Waals surface area contributed by atoms with Crippen LogP contribution < -0.4 is 9.47 Å². The second kappa shape index (κ2) is 6.28. The van der Waals surface area contributed by atoms with Crippen LogP contribution in [0.25, 0.3) is 33.3 Å². The van der Waals surface area contributed by atoms with E-state index < -0.39 is 0 Å². The summed E-state index contributed by atoms with van der Waals surface area (Å²) >= 11 is 0. The summed E-state index contributed by atoms with van der Waals surface area (Å²) < 4.78 is 10.8. The zero-order valence-corrected chi connectivity index (χ0v) is 14.0. The van der Waals surface area contributed by atoms with E-state index in [0.29, 0.717) is 0 Å². The maximum atomic E-state index is 5.50. The molecule has 4 rings (SSSR count). The zero-order chi connectivity index (χ0) is 17.2. The zero-order valence-electron chi connectivity index (χ0n) is 14.0. The van der Waals surface area contributed by atoms with Crippen LogP contribution in [0.3, 0.4) is 0 Å². The van der Waals surface area contributed by atoms with Gasteiger partial charge in [-0.05, 0) is 18.2 Å². The number of ether oxygens (including phenoxy) is 2. The summed E-state index contributed by atoms with van der Waals surface area (Å²) in [6.07, 6.45) is 7.29. The van der Waals surface area contributed by atoms with Crippen molar-refractivity contribution in [1.29, 1.82) is 0 Å². The lowest BCUT2D eigenvalue weighted by Gasteiger charge is -2.08. The first kappa shape index (κ1) is 15.2. The predicted molar refractivity (Wildman–Crippen MR) is 97.9 cm³/mol. The van der Waals surface area contributed by atoms with Crippen LogP contribution in [0.15, 0.2) is 61.2 Å². The number of nitrogens with one attached hydrogen (secondary N) is 1. The van der Waals surface area contributed by atoms with Crippen molar-refractivity contribution in [2.24, 2.45) is 0 Å². The number of aromatic amines is 1. The highest BCUT2D eigenvalue weighted by molar-refractivity contribution is 5.97. The number of rotatable bonds is 4. The third kappa shape index (κ3) is 2.70. The minimum absolute atomic E-state index is 0.719. The van der Waals surface area contributed by atoms with E-state index in [1.54, 1.807) is 26.6 Å². The number of methoxy groups -OCH3 is 2. The topological polar surface area (TPSA) is 60.0 Å². The van der Waals surface area contributed by atoms with Gasteiger partial charge in [0.15, 0.2) is 0 Å². The van der Waals surface area contributed by atoms with Gasteiger partial charge < -0.3 is 14.5 Å². The fourth-order valence-corrected chi connectivity index (χ4v) is 2.94. The van der Waals surface area contributed by atoms with Crippen molar-refractivity contribution in [2.45, 2.75) is 0 Å². The number of pyridine rings is 2. The van der Waals surface area contributed by atoms with Gasteiger partial charge in [0.25, 0.3) is 0 Å². The number of benzene rings is 1. The Morgan fingerprint density at radius 1 is 0.880 bits per heavy atom. The number of para-hydroxylation sites is 1. The Bertz CT molecular complexity index is 1040. The van der Waals surface area contributed by atoms with Crippen molar-refractivity contribution >= 4 is 11.0 Å². The van der Waals surface area contributed by atoms with Gasteiger partial charge in [-0.2, -0.15) is 0 Å². The van der Waals surface area contributed by atoms with Crippen LogP contribution in [-0.2, 0) is 0 Å². The van der Waals surface area contributed by atoms with Gasteiger partial charge in [-0.15, -0.1) is 0 Å². The SMILES string of the molecule is COc1cncc(-c2cnc3[nH]cc(-c4ccccc4OC)c3c2)c1. The van der Waals surface area contributed by atoms with E-state index in [4.69, 9.17) is 9.47 Å². The molecule has 124 valence electrons. The first-order valence-electron chi connectivity index (χ1n) is 7.90. The van der Waals surface area contributed by atoms with Gasteiger partial charge in [-0.25, -0.2) is 4.98 Å². The molecular weight excluding hydrogens is 314 g/mol.